The largest absolute Gasteiger partial charge is 0.477 e. The minimum Gasteiger partial charge on any atom is -0.477 e. The van der Waals surface area contributed by atoms with Crippen LogP contribution < -0.4 is 15.0 Å². The lowest BCUT2D eigenvalue weighted by Crippen LogP contribution is -2.52. The summed E-state index contributed by atoms with van der Waals surface area (Å²) >= 11 is 1.63. The van der Waals surface area contributed by atoms with E-state index < -0.39 is 6.10 Å². The van der Waals surface area contributed by atoms with Crippen LogP contribution in [-0.2, 0) is 9.59 Å². The lowest BCUT2D eigenvalue weighted by atomic mass is 10.1. The topological polar surface area (TPSA) is 61.9 Å². The van der Waals surface area contributed by atoms with Gasteiger partial charge in [0.1, 0.15) is 5.75 Å². The highest BCUT2D eigenvalue weighted by Gasteiger charge is 2.34. The average Bonchev–Trinajstić information content (AvgIpc) is 2.83. The van der Waals surface area contributed by atoms with E-state index in [4.69, 9.17) is 4.74 Å². The first kappa shape index (κ1) is 22.3. The molecule has 1 unspecified atom stereocenters. The van der Waals surface area contributed by atoms with Gasteiger partial charge in [0.2, 0.25) is 5.91 Å². The molecule has 2 aromatic carbocycles. The third kappa shape index (κ3) is 5.27. The first-order valence-corrected chi connectivity index (χ1v) is 12.1. The summed E-state index contributed by atoms with van der Waals surface area (Å²) < 4.78 is 6.06. The van der Waals surface area contributed by atoms with Crippen molar-refractivity contribution >= 4 is 35.0 Å². The maximum absolute atomic E-state index is 13.1. The van der Waals surface area contributed by atoms with E-state index in [0.29, 0.717) is 12.3 Å². The molecule has 1 saturated heterocycles. The highest BCUT2D eigenvalue weighted by atomic mass is 32.2. The Hall–Kier alpha value is -2.93. The number of ether oxygens (including phenoxy) is 1. The van der Waals surface area contributed by atoms with Crippen molar-refractivity contribution < 1.29 is 14.3 Å². The van der Waals surface area contributed by atoms with Crippen LogP contribution in [-0.4, -0.2) is 54.8 Å². The Bertz CT molecular complexity index is 974. The molecule has 1 atom stereocenters. The molecule has 2 heterocycles. The number of hydrogen-bond donors (Lipinski definition) is 1. The van der Waals surface area contributed by atoms with Crippen LogP contribution >= 0.6 is 11.8 Å². The molecule has 2 aliphatic rings. The van der Waals surface area contributed by atoms with E-state index in [1.54, 1.807) is 11.8 Å². The number of likely N-dealkylation sites (tertiary alicyclic amines) is 1. The molecule has 0 aromatic heterocycles. The normalized spacial score (nSPS) is 17.8. The molecule has 1 fully saturated rings. The summed E-state index contributed by atoms with van der Waals surface area (Å²) in [6, 6.07) is 15.3. The quantitative estimate of drug-likeness (QED) is 0.505. The van der Waals surface area contributed by atoms with Crippen molar-refractivity contribution in [2.75, 3.05) is 42.1 Å². The number of amides is 2. The van der Waals surface area contributed by atoms with Gasteiger partial charge in [-0.3, -0.25) is 9.59 Å². The monoisotopic (exact) mass is 451 g/mol. The molecule has 2 aromatic rings. The van der Waals surface area contributed by atoms with Gasteiger partial charge in [-0.15, -0.1) is 18.3 Å². The maximum atomic E-state index is 13.1. The molecule has 2 aliphatic heterocycles. The Labute approximate surface area is 193 Å². The summed E-state index contributed by atoms with van der Waals surface area (Å²) in [4.78, 5) is 30.9. The molecule has 4 rings (SSSR count). The Balaban J connectivity index is 1.47. The zero-order valence-electron chi connectivity index (χ0n) is 18.2. The predicted octanol–water partition coefficient (Wildman–Crippen LogP) is 4.18. The molecule has 168 valence electrons. The number of rotatable bonds is 7. The fourth-order valence-corrected chi connectivity index (χ4v) is 4.86. The van der Waals surface area contributed by atoms with Gasteiger partial charge in [-0.1, -0.05) is 30.3 Å². The van der Waals surface area contributed by atoms with Crippen molar-refractivity contribution in [1.82, 2.24) is 4.90 Å². The van der Waals surface area contributed by atoms with Crippen LogP contribution in [0.25, 0.3) is 0 Å². The number of nitrogens with zero attached hydrogens (tertiary/aromatic N) is 2. The van der Waals surface area contributed by atoms with E-state index in [9.17, 15) is 9.59 Å². The number of nitrogens with one attached hydrogen (secondary N) is 1. The number of thioether (sulfide) groups is 1. The van der Waals surface area contributed by atoms with Gasteiger partial charge >= 0.3 is 0 Å². The summed E-state index contributed by atoms with van der Waals surface area (Å²) in [7, 11) is 0. The van der Waals surface area contributed by atoms with Gasteiger partial charge in [-0.2, -0.15) is 0 Å². The standard InChI is InChI=1S/C25H29N3O3S/c1-2-16-32-23-13-7-4-10-19(23)26-24(29)18-28-17-22(25(30)27-14-8-3-9-15-27)31-21-12-6-5-11-20(21)28/h2,4-7,10-13,22H,1,3,8-9,14-18H2,(H,26,29). The van der Waals surface area contributed by atoms with Crippen molar-refractivity contribution in [2.24, 2.45) is 0 Å². The van der Waals surface area contributed by atoms with Gasteiger partial charge in [0.25, 0.3) is 5.91 Å². The van der Waals surface area contributed by atoms with Crippen molar-refractivity contribution in [3.8, 4) is 5.75 Å². The van der Waals surface area contributed by atoms with Crippen LogP contribution in [0.15, 0.2) is 66.1 Å². The molecule has 32 heavy (non-hydrogen) atoms. The van der Waals surface area contributed by atoms with E-state index in [1.165, 1.54) is 0 Å². The SMILES string of the molecule is C=CCSc1ccccc1NC(=O)CN1CC(C(=O)N2CCCCC2)Oc2ccccc21. The maximum Gasteiger partial charge on any atom is 0.265 e. The van der Waals surface area contributed by atoms with Gasteiger partial charge in [0.15, 0.2) is 6.10 Å². The molecular weight excluding hydrogens is 422 g/mol. The van der Waals surface area contributed by atoms with Crippen molar-refractivity contribution in [2.45, 2.75) is 30.3 Å². The number of para-hydroxylation sites is 3. The molecule has 7 heteroatoms. The third-order valence-corrected chi connectivity index (χ3v) is 6.73. The Morgan fingerprint density at radius 2 is 1.84 bits per heavy atom. The van der Waals surface area contributed by atoms with Crippen molar-refractivity contribution in [3.63, 3.8) is 0 Å². The molecule has 0 aliphatic carbocycles. The van der Waals surface area contributed by atoms with E-state index in [2.05, 4.69) is 11.9 Å². The van der Waals surface area contributed by atoms with E-state index in [-0.39, 0.29) is 18.4 Å². The number of carbonyl (C=O) groups excluding carboxylic acids is 2. The first-order chi connectivity index (χ1) is 15.7. The van der Waals surface area contributed by atoms with Crippen molar-refractivity contribution in [1.29, 1.82) is 0 Å². The highest BCUT2D eigenvalue weighted by Crippen LogP contribution is 2.34. The zero-order chi connectivity index (χ0) is 22.3. The number of hydrogen-bond acceptors (Lipinski definition) is 5. The van der Waals surface area contributed by atoms with Gasteiger partial charge in [-0.05, 0) is 43.5 Å². The molecule has 1 N–H and O–H groups in total. The van der Waals surface area contributed by atoms with E-state index >= 15 is 0 Å². The summed E-state index contributed by atoms with van der Waals surface area (Å²) in [5.74, 6) is 1.29. The van der Waals surface area contributed by atoms with E-state index in [0.717, 1.165) is 54.4 Å². The Morgan fingerprint density at radius 3 is 2.66 bits per heavy atom. The second-order valence-corrected chi connectivity index (χ2v) is 9.05. The van der Waals surface area contributed by atoms with Crippen molar-refractivity contribution in [3.05, 3.63) is 61.2 Å². The predicted molar refractivity (Wildman–Crippen MR) is 129 cm³/mol. The smallest absolute Gasteiger partial charge is 0.265 e. The third-order valence-electron chi connectivity index (χ3n) is 5.66. The molecule has 0 spiro atoms. The van der Waals surface area contributed by atoms with Crippen LogP contribution in [0.3, 0.4) is 0 Å². The van der Waals surface area contributed by atoms with Gasteiger partial charge in [0, 0.05) is 23.7 Å². The fraction of sp³-hybridized carbons (Fsp3) is 0.360. The summed E-state index contributed by atoms with van der Waals surface area (Å²) in [5, 5.41) is 3.03. The molecule has 0 radical (unpaired) electrons. The Kier molecular flexibility index (Phi) is 7.37. The Morgan fingerprint density at radius 1 is 1.09 bits per heavy atom. The summed E-state index contributed by atoms with van der Waals surface area (Å²) in [5.41, 5.74) is 1.62. The highest BCUT2D eigenvalue weighted by molar-refractivity contribution is 7.99. The molecular formula is C25H29N3O3S. The van der Waals surface area contributed by atoms with Gasteiger partial charge in [-0.25, -0.2) is 0 Å². The number of fused-ring (bicyclic) bond motifs is 1. The first-order valence-electron chi connectivity index (χ1n) is 11.1. The van der Waals surface area contributed by atoms with Crippen LogP contribution in [0.5, 0.6) is 5.75 Å². The van der Waals surface area contributed by atoms with Gasteiger partial charge < -0.3 is 19.9 Å². The average molecular weight is 452 g/mol. The second-order valence-electron chi connectivity index (χ2n) is 7.98. The summed E-state index contributed by atoms with van der Waals surface area (Å²) in [6.45, 7) is 5.82. The molecule has 0 bridgehead atoms. The fourth-order valence-electron chi connectivity index (χ4n) is 4.11. The van der Waals surface area contributed by atoms with Gasteiger partial charge in [0.05, 0.1) is 24.5 Å². The minimum absolute atomic E-state index is 0.00998. The molecule has 0 saturated carbocycles. The lowest BCUT2D eigenvalue weighted by molar-refractivity contribution is -0.139. The second kappa shape index (κ2) is 10.6. The zero-order valence-corrected chi connectivity index (χ0v) is 19.0. The number of benzene rings is 2. The minimum atomic E-state index is -0.605. The van der Waals surface area contributed by atoms with Crippen LogP contribution in [0.4, 0.5) is 11.4 Å². The lowest BCUT2D eigenvalue weighted by Gasteiger charge is -2.38. The molecule has 2 amide bonds. The number of anilines is 2. The van der Waals surface area contributed by atoms with Crippen LogP contribution in [0.1, 0.15) is 19.3 Å². The van der Waals surface area contributed by atoms with E-state index in [1.807, 2.05) is 64.4 Å². The molecule has 6 nitrogen and oxygen atoms in total. The number of piperidine rings is 1. The summed E-state index contributed by atoms with van der Waals surface area (Å²) in [6.07, 6.45) is 4.46. The van der Waals surface area contributed by atoms with Crippen LogP contribution in [0.2, 0.25) is 0 Å². The van der Waals surface area contributed by atoms with Crippen LogP contribution in [0, 0.1) is 0 Å². The number of carbonyl (C=O) groups is 2.